The van der Waals surface area contributed by atoms with Gasteiger partial charge in [0.15, 0.2) is 0 Å². The Kier molecular flexibility index (Phi) is 6.72. The van der Waals surface area contributed by atoms with E-state index < -0.39 is 11.2 Å². The molecule has 1 unspecified atom stereocenters. The number of carbonyl (C=O) groups is 1. The van der Waals surface area contributed by atoms with Gasteiger partial charge in [-0.05, 0) is 69.2 Å². The molecule has 36 heavy (non-hydrogen) atoms. The molecular weight excluding hydrogens is 456 g/mol. The number of hydrogen-bond donors (Lipinski definition) is 1. The van der Waals surface area contributed by atoms with E-state index in [0.29, 0.717) is 38.6 Å². The molecule has 7 heteroatoms. The van der Waals surface area contributed by atoms with Crippen molar-refractivity contribution in [2.75, 3.05) is 19.8 Å². The van der Waals surface area contributed by atoms with Gasteiger partial charge < -0.3 is 24.0 Å². The Morgan fingerprint density at radius 2 is 1.75 bits per heavy atom. The number of pyridine rings is 1. The highest BCUT2D eigenvalue weighted by Gasteiger charge is 2.50. The molecule has 1 saturated carbocycles. The number of rotatable bonds is 7. The van der Waals surface area contributed by atoms with Crippen LogP contribution >= 0.6 is 0 Å². The standard InChI is InChI=1S/C29H38N2O5/c1-20(21-4-6-22(7-5-21)23-10-14-31(25-8-9-25)26(32)18-23)30-15-13-29(36-27(30)33,19-28(2,3)34)24-11-16-35-17-12-24/h4-7,10,14,18,20,24-25,34H,8-9,11-13,15-17,19H2,1-3H3/t20-,29?/m0/s1. The second kappa shape index (κ2) is 9.67. The predicted molar refractivity (Wildman–Crippen MR) is 138 cm³/mol. The van der Waals surface area contributed by atoms with Crippen LogP contribution in [0.1, 0.15) is 76.9 Å². The van der Waals surface area contributed by atoms with Gasteiger partial charge in [-0.2, -0.15) is 0 Å². The van der Waals surface area contributed by atoms with Crippen LogP contribution in [0.2, 0.25) is 0 Å². The maximum atomic E-state index is 13.3. The van der Waals surface area contributed by atoms with Crippen LogP contribution in [0.4, 0.5) is 4.79 Å². The van der Waals surface area contributed by atoms with Gasteiger partial charge in [0, 0.05) is 56.8 Å². The number of benzene rings is 1. The molecule has 2 saturated heterocycles. The van der Waals surface area contributed by atoms with E-state index in [9.17, 15) is 14.7 Å². The van der Waals surface area contributed by atoms with E-state index in [1.54, 1.807) is 24.8 Å². The summed E-state index contributed by atoms with van der Waals surface area (Å²) in [5, 5.41) is 10.6. The first kappa shape index (κ1) is 25.0. The van der Waals surface area contributed by atoms with Gasteiger partial charge in [0.2, 0.25) is 0 Å². The number of nitrogens with zero attached hydrogens (tertiary/aromatic N) is 2. The van der Waals surface area contributed by atoms with E-state index in [1.165, 1.54) is 0 Å². The first-order chi connectivity index (χ1) is 17.2. The third-order valence-electron chi connectivity index (χ3n) is 8.08. The highest BCUT2D eigenvalue weighted by Crippen LogP contribution is 2.43. The monoisotopic (exact) mass is 494 g/mol. The maximum absolute atomic E-state index is 13.3. The van der Waals surface area contributed by atoms with Crippen LogP contribution in [-0.2, 0) is 9.47 Å². The van der Waals surface area contributed by atoms with E-state index in [-0.39, 0.29) is 23.6 Å². The minimum atomic E-state index is -0.929. The van der Waals surface area contributed by atoms with Crippen molar-refractivity contribution in [1.29, 1.82) is 0 Å². The van der Waals surface area contributed by atoms with Crippen LogP contribution in [0.15, 0.2) is 47.4 Å². The Labute approximate surface area is 213 Å². The summed E-state index contributed by atoms with van der Waals surface area (Å²) in [5.41, 5.74) is 1.35. The van der Waals surface area contributed by atoms with Gasteiger partial charge in [-0.15, -0.1) is 0 Å². The highest BCUT2D eigenvalue weighted by atomic mass is 16.6. The van der Waals surface area contributed by atoms with E-state index in [2.05, 4.69) is 0 Å². The van der Waals surface area contributed by atoms with Crippen molar-refractivity contribution >= 4 is 6.09 Å². The maximum Gasteiger partial charge on any atom is 0.410 e. The fourth-order valence-corrected chi connectivity index (χ4v) is 6.01. The molecule has 0 spiro atoms. The van der Waals surface area contributed by atoms with Crippen molar-refractivity contribution in [2.45, 2.75) is 82.6 Å². The van der Waals surface area contributed by atoms with Crippen LogP contribution in [0.3, 0.4) is 0 Å². The first-order valence-electron chi connectivity index (χ1n) is 13.3. The van der Waals surface area contributed by atoms with Crippen molar-refractivity contribution in [1.82, 2.24) is 9.47 Å². The van der Waals surface area contributed by atoms with Crippen LogP contribution in [-0.4, -0.2) is 51.6 Å². The zero-order valence-electron chi connectivity index (χ0n) is 21.6. The zero-order valence-corrected chi connectivity index (χ0v) is 21.6. The number of hydrogen-bond acceptors (Lipinski definition) is 5. The Morgan fingerprint density at radius 1 is 1.06 bits per heavy atom. The number of amides is 1. The molecule has 1 aliphatic carbocycles. The fraction of sp³-hybridized carbons (Fsp3) is 0.586. The Hall–Kier alpha value is -2.64. The molecule has 2 aliphatic heterocycles. The molecule has 0 radical (unpaired) electrons. The molecule has 2 atom stereocenters. The summed E-state index contributed by atoms with van der Waals surface area (Å²) in [6, 6.07) is 12.0. The fourth-order valence-electron chi connectivity index (χ4n) is 6.01. The minimum absolute atomic E-state index is 0.0441. The summed E-state index contributed by atoms with van der Waals surface area (Å²) in [6.45, 7) is 7.49. The quantitative estimate of drug-likeness (QED) is 0.581. The van der Waals surface area contributed by atoms with Crippen molar-refractivity contribution in [3.63, 3.8) is 0 Å². The van der Waals surface area contributed by atoms with Gasteiger partial charge in [0.05, 0.1) is 11.6 Å². The summed E-state index contributed by atoms with van der Waals surface area (Å²) in [7, 11) is 0. The van der Waals surface area contributed by atoms with Gasteiger partial charge in [-0.1, -0.05) is 24.3 Å². The third kappa shape index (κ3) is 5.23. The first-order valence-corrected chi connectivity index (χ1v) is 13.3. The SMILES string of the molecule is C[C@@H](c1ccc(-c2ccn(C3CC3)c(=O)c2)cc1)N1CCC(CC(C)(C)O)(C2CCOCC2)OC1=O. The molecular formula is C29H38N2O5. The van der Waals surface area contributed by atoms with Gasteiger partial charge in [0.25, 0.3) is 5.56 Å². The van der Waals surface area contributed by atoms with Crippen molar-refractivity contribution < 1.29 is 19.4 Å². The lowest BCUT2D eigenvalue weighted by Crippen LogP contribution is -2.57. The third-order valence-corrected chi connectivity index (χ3v) is 8.08. The summed E-state index contributed by atoms with van der Waals surface area (Å²) >= 11 is 0. The normalized spacial score (nSPS) is 24.4. The summed E-state index contributed by atoms with van der Waals surface area (Å²) in [5.74, 6) is 0.189. The van der Waals surface area contributed by atoms with Crippen molar-refractivity contribution in [3.8, 4) is 11.1 Å². The predicted octanol–water partition coefficient (Wildman–Crippen LogP) is 5.08. The Morgan fingerprint density at radius 3 is 2.33 bits per heavy atom. The Balaban J connectivity index is 1.30. The lowest BCUT2D eigenvalue weighted by Gasteiger charge is -2.49. The number of carbonyl (C=O) groups excluding carboxylic acids is 1. The average molecular weight is 495 g/mol. The second-order valence-corrected chi connectivity index (χ2v) is 11.4. The van der Waals surface area contributed by atoms with E-state index in [0.717, 1.165) is 42.4 Å². The lowest BCUT2D eigenvalue weighted by molar-refractivity contribution is -0.143. The number of aromatic nitrogens is 1. The smallest absolute Gasteiger partial charge is 0.410 e. The van der Waals surface area contributed by atoms with Gasteiger partial charge in [-0.3, -0.25) is 4.79 Å². The molecule has 3 fully saturated rings. The van der Waals surface area contributed by atoms with Crippen molar-refractivity contribution in [3.05, 3.63) is 58.5 Å². The van der Waals surface area contributed by atoms with E-state index >= 15 is 0 Å². The van der Waals surface area contributed by atoms with E-state index in [1.807, 2.05) is 48.0 Å². The van der Waals surface area contributed by atoms with Gasteiger partial charge in [0.1, 0.15) is 5.60 Å². The molecule has 2 aromatic rings. The molecule has 1 amide bonds. The summed E-state index contributed by atoms with van der Waals surface area (Å²) in [6.07, 6.45) is 6.53. The number of ether oxygens (including phenoxy) is 2. The lowest BCUT2D eigenvalue weighted by atomic mass is 9.73. The van der Waals surface area contributed by atoms with Crippen LogP contribution in [0, 0.1) is 5.92 Å². The molecule has 0 bridgehead atoms. The average Bonchev–Trinajstić information content (AvgIpc) is 3.69. The van der Waals surface area contributed by atoms with Crippen LogP contribution in [0.5, 0.6) is 0 Å². The highest BCUT2D eigenvalue weighted by molar-refractivity contribution is 5.70. The largest absolute Gasteiger partial charge is 0.442 e. The number of aliphatic hydroxyl groups is 1. The molecule has 1 aromatic carbocycles. The molecule has 7 nitrogen and oxygen atoms in total. The molecule has 3 heterocycles. The van der Waals surface area contributed by atoms with Gasteiger partial charge in [-0.25, -0.2) is 4.79 Å². The van der Waals surface area contributed by atoms with Gasteiger partial charge >= 0.3 is 6.09 Å². The zero-order chi connectivity index (χ0) is 25.5. The van der Waals surface area contributed by atoms with E-state index in [4.69, 9.17) is 9.47 Å². The van der Waals surface area contributed by atoms with Crippen LogP contribution < -0.4 is 5.56 Å². The second-order valence-electron chi connectivity index (χ2n) is 11.4. The Bertz CT molecular complexity index is 1140. The number of cyclic esters (lactones) is 1. The molecule has 194 valence electrons. The summed E-state index contributed by atoms with van der Waals surface area (Å²) in [4.78, 5) is 27.6. The summed E-state index contributed by atoms with van der Waals surface area (Å²) < 4.78 is 13.6. The van der Waals surface area contributed by atoms with Crippen molar-refractivity contribution in [2.24, 2.45) is 5.92 Å². The molecule has 1 N–H and O–H groups in total. The van der Waals surface area contributed by atoms with Crippen LogP contribution in [0.25, 0.3) is 11.1 Å². The topological polar surface area (TPSA) is 81.0 Å². The minimum Gasteiger partial charge on any atom is -0.442 e. The molecule has 3 aliphatic rings. The molecule has 1 aromatic heterocycles. The molecule has 5 rings (SSSR count).